The van der Waals surface area contributed by atoms with Crippen molar-refractivity contribution in [2.75, 3.05) is 18.0 Å². The Bertz CT molecular complexity index is 698. The second-order valence-electron chi connectivity index (χ2n) is 5.86. The predicted molar refractivity (Wildman–Crippen MR) is 94.4 cm³/mol. The Balaban J connectivity index is 1.42. The minimum Gasteiger partial charge on any atom is -0.442 e. The molecule has 1 fully saturated rings. The van der Waals surface area contributed by atoms with E-state index in [4.69, 9.17) is 4.74 Å². The van der Waals surface area contributed by atoms with Crippen LogP contribution < -0.4 is 10.2 Å². The topological polar surface area (TPSA) is 58.6 Å². The zero-order chi connectivity index (χ0) is 16.9. The van der Waals surface area contributed by atoms with Crippen molar-refractivity contribution in [3.05, 3.63) is 52.9 Å². The third-order valence-electron chi connectivity index (χ3n) is 3.93. The number of hydrogen-bond acceptors (Lipinski definition) is 4. The number of ether oxygens (including phenoxy) is 1. The number of hydrogen-bond donors (Lipinski definition) is 1. The fourth-order valence-electron chi connectivity index (χ4n) is 2.56. The van der Waals surface area contributed by atoms with Crippen molar-refractivity contribution in [3.63, 3.8) is 0 Å². The molecule has 1 aliphatic heterocycles. The summed E-state index contributed by atoms with van der Waals surface area (Å²) in [6, 6.07) is 12.0. The van der Waals surface area contributed by atoms with E-state index in [1.807, 2.05) is 48.7 Å². The van der Waals surface area contributed by atoms with Crippen LogP contribution in [0.4, 0.5) is 9.80 Å². The molecule has 0 spiro atoms. The van der Waals surface area contributed by atoms with Crippen LogP contribution in [0.1, 0.15) is 17.5 Å². The van der Waals surface area contributed by atoms with Gasteiger partial charge in [0.15, 0.2) is 0 Å². The van der Waals surface area contributed by atoms with Crippen LogP contribution >= 0.6 is 11.3 Å². The molecule has 1 aromatic heterocycles. The van der Waals surface area contributed by atoms with Crippen molar-refractivity contribution in [2.24, 2.45) is 0 Å². The molecule has 3 rings (SSSR count). The number of rotatable bonds is 6. The summed E-state index contributed by atoms with van der Waals surface area (Å²) in [6.07, 6.45) is 0.482. The van der Waals surface area contributed by atoms with Gasteiger partial charge in [0, 0.05) is 6.42 Å². The van der Waals surface area contributed by atoms with E-state index in [1.54, 1.807) is 4.90 Å². The van der Waals surface area contributed by atoms with Crippen LogP contribution in [0.25, 0.3) is 0 Å². The molecule has 1 aliphatic rings. The van der Waals surface area contributed by atoms with E-state index in [9.17, 15) is 9.59 Å². The standard InChI is InChI=1S/C18H20N2O3S/c1-13-4-6-14(7-5-13)8-9-16(21)19-11-15-12-20(18(22)23-15)17-3-2-10-24-17/h2-7,10,15H,8-9,11-12H2,1H3,(H,19,21). The molecule has 126 valence electrons. The highest BCUT2D eigenvalue weighted by Crippen LogP contribution is 2.26. The van der Waals surface area contributed by atoms with Crippen LogP contribution in [0.2, 0.25) is 0 Å². The van der Waals surface area contributed by atoms with Crippen LogP contribution in [-0.2, 0) is 16.0 Å². The van der Waals surface area contributed by atoms with Crippen molar-refractivity contribution < 1.29 is 14.3 Å². The normalized spacial score (nSPS) is 17.0. The minimum absolute atomic E-state index is 0.0267. The van der Waals surface area contributed by atoms with E-state index in [2.05, 4.69) is 5.32 Å². The Morgan fingerprint density at radius 3 is 2.83 bits per heavy atom. The summed E-state index contributed by atoms with van der Waals surface area (Å²) in [7, 11) is 0. The number of thiophene rings is 1. The molecule has 1 N–H and O–H groups in total. The minimum atomic E-state index is -0.351. The van der Waals surface area contributed by atoms with Gasteiger partial charge in [-0.1, -0.05) is 29.8 Å². The molecule has 2 aromatic rings. The summed E-state index contributed by atoms with van der Waals surface area (Å²) < 4.78 is 5.30. The van der Waals surface area contributed by atoms with Gasteiger partial charge in [0.05, 0.1) is 13.1 Å². The molecule has 0 radical (unpaired) electrons. The lowest BCUT2D eigenvalue weighted by atomic mass is 10.1. The third-order valence-corrected chi connectivity index (χ3v) is 4.83. The van der Waals surface area contributed by atoms with Gasteiger partial charge >= 0.3 is 6.09 Å². The second-order valence-corrected chi connectivity index (χ2v) is 6.78. The molecule has 1 unspecified atom stereocenters. The van der Waals surface area contributed by atoms with Crippen LogP contribution in [0.15, 0.2) is 41.8 Å². The van der Waals surface area contributed by atoms with E-state index in [1.165, 1.54) is 16.9 Å². The van der Waals surface area contributed by atoms with Crippen molar-refractivity contribution in [1.82, 2.24) is 5.32 Å². The molecule has 2 amide bonds. The van der Waals surface area contributed by atoms with E-state index < -0.39 is 0 Å². The molecule has 6 heteroatoms. The van der Waals surface area contributed by atoms with Crippen LogP contribution in [0, 0.1) is 6.92 Å². The van der Waals surface area contributed by atoms with E-state index in [0.29, 0.717) is 25.9 Å². The van der Waals surface area contributed by atoms with Gasteiger partial charge in [0.2, 0.25) is 5.91 Å². The Kier molecular flexibility index (Phi) is 5.15. The lowest BCUT2D eigenvalue weighted by molar-refractivity contribution is -0.121. The lowest BCUT2D eigenvalue weighted by Gasteiger charge is -2.11. The van der Waals surface area contributed by atoms with Crippen LogP contribution in [-0.4, -0.2) is 31.2 Å². The molecule has 1 saturated heterocycles. The summed E-state index contributed by atoms with van der Waals surface area (Å²) in [5.41, 5.74) is 2.36. The summed E-state index contributed by atoms with van der Waals surface area (Å²) in [6.45, 7) is 2.86. The zero-order valence-electron chi connectivity index (χ0n) is 13.5. The SMILES string of the molecule is Cc1ccc(CCC(=O)NCC2CN(c3cccs3)C(=O)O2)cc1. The van der Waals surface area contributed by atoms with Gasteiger partial charge < -0.3 is 10.1 Å². The second kappa shape index (κ2) is 7.49. The molecule has 1 atom stereocenters. The molecule has 5 nitrogen and oxygen atoms in total. The summed E-state index contributed by atoms with van der Waals surface area (Å²) in [5.74, 6) is -0.0267. The first kappa shape index (κ1) is 16.5. The maximum Gasteiger partial charge on any atom is 0.415 e. The molecule has 2 heterocycles. The highest BCUT2D eigenvalue weighted by molar-refractivity contribution is 7.14. The number of carbonyl (C=O) groups excluding carboxylic acids is 2. The number of cyclic esters (lactones) is 1. The molecule has 0 bridgehead atoms. The molecule has 24 heavy (non-hydrogen) atoms. The number of carbonyl (C=O) groups is 2. The average Bonchev–Trinajstić information content (AvgIpc) is 3.21. The smallest absolute Gasteiger partial charge is 0.415 e. The maximum atomic E-state index is 12.0. The molecular weight excluding hydrogens is 324 g/mol. The fraction of sp³-hybridized carbons (Fsp3) is 0.333. The molecule has 1 aromatic carbocycles. The Hall–Kier alpha value is -2.34. The van der Waals surface area contributed by atoms with E-state index in [-0.39, 0.29) is 18.1 Å². The van der Waals surface area contributed by atoms with Gasteiger partial charge in [-0.05, 0) is 36.4 Å². The van der Waals surface area contributed by atoms with Crippen molar-refractivity contribution in [3.8, 4) is 0 Å². The Labute approximate surface area is 145 Å². The lowest BCUT2D eigenvalue weighted by Crippen LogP contribution is -2.34. The van der Waals surface area contributed by atoms with Gasteiger partial charge in [-0.15, -0.1) is 11.3 Å². The first-order valence-corrected chi connectivity index (χ1v) is 8.83. The van der Waals surface area contributed by atoms with Gasteiger partial charge in [-0.25, -0.2) is 4.79 Å². The Morgan fingerprint density at radius 1 is 1.33 bits per heavy atom. The van der Waals surface area contributed by atoms with Crippen molar-refractivity contribution in [1.29, 1.82) is 0 Å². The molecule has 0 saturated carbocycles. The zero-order valence-corrected chi connectivity index (χ0v) is 14.3. The number of nitrogens with one attached hydrogen (secondary N) is 1. The number of benzene rings is 1. The maximum absolute atomic E-state index is 12.0. The van der Waals surface area contributed by atoms with Gasteiger partial charge in [0.1, 0.15) is 11.1 Å². The first-order valence-electron chi connectivity index (χ1n) is 7.96. The van der Waals surface area contributed by atoms with Crippen molar-refractivity contribution >= 4 is 28.3 Å². The fourth-order valence-corrected chi connectivity index (χ4v) is 3.29. The van der Waals surface area contributed by atoms with Crippen LogP contribution in [0.5, 0.6) is 0 Å². The number of anilines is 1. The largest absolute Gasteiger partial charge is 0.442 e. The van der Waals surface area contributed by atoms with E-state index >= 15 is 0 Å². The van der Waals surface area contributed by atoms with Crippen LogP contribution in [0.3, 0.4) is 0 Å². The summed E-state index contributed by atoms with van der Waals surface area (Å²) >= 11 is 1.49. The van der Waals surface area contributed by atoms with Crippen molar-refractivity contribution in [2.45, 2.75) is 25.9 Å². The Morgan fingerprint density at radius 2 is 2.12 bits per heavy atom. The first-order chi connectivity index (χ1) is 11.6. The van der Waals surface area contributed by atoms with E-state index in [0.717, 1.165) is 10.6 Å². The number of aryl methyl sites for hydroxylation is 2. The summed E-state index contributed by atoms with van der Waals surface area (Å²) in [5, 5.41) is 5.64. The monoisotopic (exact) mass is 344 g/mol. The quantitative estimate of drug-likeness (QED) is 0.876. The molecule has 0 aliphatic carbocycles. The average molecular weight is 344 g/mol. The highest BCUT2D eigenvalue weighted by atomic mass is 32.1. The van der Waals surface area contributed by atoms with Gasteiger partial charge in [0.25, 0.3) is 0 Å². The third kappa shape index (κ3) is 4.14. The van der Waals surface area contributed by atoms with Gasteiger partial charge in [-0.2, -0.15) is 0 Å². The predicted octanol–water partition coefficient (Wildman–Crippen LogP) is 3.13. The van der Waals surface area contributed by atoms with Gasteiger partial charge in [-0.3, -0.25) is 9.69 Å². The number of nitrogens with zero attached hydrogens (tertiary/aromatic N) is 1. The number of amides is 2. The molecular formula is C18H20N2O3S. The summed E-state index contributed by atoms with van der Waals surface area (Å²) in [4.78, 5) is 25.4. The highest BCUT2D eigenvalue weighted by Gasteiger charge is 2.32.